The monoisotopic (exact) mass is 418 g/mol. The zero-order valence-electron chi connectivity index (χ0n) is 16.0. The Morgan fingerprint density at radius 2 is 1.70 bits per heavy atom. The molecule has 1 aromatic heterocycles. The smallest absolute Gasteiger partial charge is 0.349 e. The van der Waals surface area contributed by atoms with E-state index in [-0.39, 0.29) is 0 Å². The largest absolute Gasteiger partial charge is 0.478 e. The molecular formula is C24H19ClN2O3. The second-order valence-electron chi connectivity index (χ2n) is 6.77. The predicted molar refractivity (Wildman–Crippen MR) is 116 cm³/mol. The molecule has 150 valence electrons. The number of benzene rings is 3. The Hall–Kier alpha value is -3.57. The summed E-state index contributed by atoms with van der Waals surface area (Å²) in [6.45, 7) is 0.624. The van der Waals surface area contributed by atoms with Crippen molar-refractivity contribution in [3.05, 3.63) is 107 Å². The number of rotatable bonds is 7. The van der Waals surface area contributed by atoms with Gasteiger partial charge in [0, 0.05) is 22.3 Å². The molecule has 0 aliphatic carbocycles. The first-order chi connectivity index (χ1) is 14.6. The van der Waals surface area contributed by atoms with E-state index in [1.165, 1.54) is 0 Å². The van der Waals surface area contributed by atoms with Crippen molar-refractivity contribution in [2.24, 2.45) is 0 Å². The molecule has 3 aromatic carbocycles. The number of hydrogen-bond donors (Lipinski definition) is 1. The molecule has 0 aliphatic heterocycles. The van der Waals surface area contributed by atoms with Gasteiger partial charge >= 0.3 is 5.97 Å². The number of carboxylic acid groups (broad SMARTS) is 1. The van der Waals surface area contributed by atoms with E-state index >= 15 is 0 Å². The van der Waals surface area contributed by atoms with Crippen LogP contribution in [0, 0.1) is 0 Å². The van der Waals surface area contributed by atoms with E-state index in [0.29, 0.717) is 34.1 Å². The van der Waals surface area contributed by atoms with Crippen molar-refractivity contribution in [3.63, 3.8) is 0 Å². The maximum atomic E-state index is 11.9. The third kappa shape index (κ3) is 4.53. The SMILES string of the molecule is O=C(O)C(Oc1ccc(Cl)cc1-c1ccn(Cc2ccccc2)n1)c1ccccc1. The van der Waals surface area contributed by atoms with Crippen molar-refractivity contribution in [2.75, 3.05) is 0 Å². The van der Waals surface area contributed by atoms with Gasteiger partial charge in [-0.2, -0.15) is 5.10 Å². The Bertz CT molecular complexity index is 1140. The predicted octanol–water partition coefficient (Wildman–Crippen LogP) is 5.46. The highest BCUT2D eigenvalue weighted by molar-refractivity contribution is 6.31. The molecule has 0 saturated carbocycles. The Morgan fingerprint density at radius 3 is 2.40 bits per heavy atom. The summed E-state index contributed by atoms with van der Waals surface area (Å²) in [6.07, 6.45) is 0.733. The van der Waals surface area contributed by atoms with E-state index in [0.717, 1.165) is 5.56 Å². The Labute approximate surface area is 179 Å². The van der Waals surface area contributed by atoms with Gasteiger partial charge in [-0.3, -0.25) is 4.68 Å². The second-order valence-corrected chi connectivity index (χ2v) is 7.21. The van der Waals surface area contributed by atoms with Crippen molar-refractivity contribution >= 4 is 17.6 Å². The standard InChI is InChI=1S/C24H19ClN2O3/c25-19-11-12-22(30-23(24(28)29)18-9-5-2-6-10-18)20(15-19)21-13-14-27(26-21)16-17-7-3-1-4-8-17/h1-15,23H,16H2,(H,28,29). The Kier molecular flexibility index (Phi) is 5.82. The summed E-state index contributed by atoms with van der Waals surface area (Å²) in [6, 6.07) is 25.8. The summed E-state index contributed by atoms with van der Waals surface area (Å²) >= 11 is 6.21. The van der Waals surface area contributed by atoms with E-state index in [2.05, 4.69) is 5.10 Å². The molecule has 0 bridgehead atoms. The summed E-state index contributed by atoms with van der Waals surface area (Å²) in [5.41, 5.74) is 2.97. The van der Waals surface area contributed by atoms with Crippen LogP contribution in [0.2, 0.25) is 5.02 Å². The fourth-order valence-electron chi connectivity index (χ4n) is 3.18. The first-order valence-electron chi connectivity index (χ1n) is 9.42. The van der Waals surface area contributed by atoms with Crippen molar-refractivity contribution in [2.45, 2.75) is 12.6 Å². The molecule has 5 nitrogen and oxygen atoms in total. The number of carboxylic acids is 1. The van der Waals surface area contributed by atoms with Gasteiger partial charge in [0.1, 0.15) is 5.75 Å². The minimum atomic E-state index is -1.14. The molecule has 1 N–H and O–H groups in total. The van der Waals surface area contributed by atoms with Gasteiger partial charge < -0.3 is 9.84 Å². The van der Waals surface area contributed by atoms with Gasteiger partial charge in [-0.05, 0) is 29.8 Å². The minimum Gasteiger partial charge on any atom is -0.478 e. The average molecular weight is 419 g/mol. The summed E-state index contributed by atoms with van der Waals surface area (Å²) in [4.78, 5) is 11.9. The molecule has 0 fully saturated rings. The van der Waals surface area contributed by atoms with Crippen molar-refractivity contribution in [3.8, 4) is 17.0 Å². The minimum absolute atomic E-state index is 0.403. The lowest BCUT2D eigenvalue weighted by Gasteiger charge is -2.17. The van der Waals surface area contributed by atoms with Crippen LogP contribution < -0.4 is 4.74 Å². The summed E-state index contributed by atoms with van der Waals surface area (Å²) < 4.78 is 7.74. The van der Waals surface area contributed by atoms with Gasteiger partial charge in [0.05, 0.1) is 12.2 Å². The number of halogens is 1. The Morgan fingerprint density at radius 1 is 1.00 bits per heavy atom. The van der Waals surface area contributed by atoms with Gasteiger partial charge in [0.2, 0.25) is 6.10 Å². The molecule has 4 aromatic rings. The summed E-state index contributed by atoms with van der Waals surface area (Å²) in [5, 5.41) is 14.8. The zero-order chi connectivity index (χ0) is 20.9. The highest BCUT2D eigenvalue weighted by Crippen LogP contribution is 2.34. The number of hydrogen-bond acceptors (Lipinski definition) is 3. The van der Waals surface area contributed by atoms with Crippen LogP contribution in [0.4, 0.5) is 0 Å². The summed E-state index contributed by atoms with van der Waals surface area (Å²) in [5.74, 6) is -0.669. The fraction of sp³-hybridized carbons (Fsp3) is 0.0833. The molecule has 0 saturated heterocycles. The molecule has 0 radical (unpaired) electrons. The van der Waals surface area contributed by atoms with Crippen LogP contribution in [0.3, 0.4) is 0 Å². The lowest BCUT2D eigenvalue weighted by molar-refractivity contribution is -0.145. The number of aliphatic carboxylic acids is 1. The maximum absolute atomic E-state index is 11.9. The van der Waals surface area contributed by atoms with E-state index in [4.69, 9.17) is 16.3 Å². The van der Waals surface area contributed by atoms with Gasteiger partial charge in [-0.25, -0.2) is 4.79 Å². The van der Waals surface area contributed by atoms with Crippen molar-refractivity contribution in [1.29, 1.82) is 0 Å². The van der Waals surface area contributed by atoms with Crippen LogP contribution in [0.25, 0.3) is 11.3 Å². The number of carbonyl (C=O) groups is 1. The summed E-state index contributed by atoms with van der Waals surface area (Å²) in [7, 11) is 0. The van der Waals surface area contributed by atoms with E-state index in [1.807, 2.05) is 53.3 Å². The van der Waals surface area contributed by atoms with Crippen LogP contribution in [0.1, 0.15) is 17.2 Å². The molecule has 1 atom stereocenters. The highest BCUT2D eigenvalue weighted by Gasteiger charge is 2.23. The van der Waals surface area contributed by atoms with E-state index in [1.54, 1.807) is 42.5 Å². The molecule has 0 aliphatic rings. The van der Waals surface area contributed by atoms with Gasteiger partial charge in [-0.1, -0.05) is 72.3 Å². The average Bonchev–Trinajstić information content (AvgIpc) is 3.22. The van der Waals surface area contributed by atoms with Crippen LogP contribution in [0.15, 0.2) is 91.1 Å². The first-order valence-corrected chi connectivity index (χ1v) is 9.79. The lowest BCUT2D eigenvalue weighted by Crippen LogP contribution is -2.18. The molecular weight excluding hydrogens is 400 g/mol. The van der Waals surface area contributed by atoms with E-state index < -0.39 is 12.1 Å². The maximum Gasteiger partial charge on any atom is 0.349 e. The van der Waals surface area contributed by atoms with E-state index in [9.17, 15) is 9.90 Å². The third-order valence-corrected chi connectivity index (χ3v) is 4.85. The van der Waals surface area contributed by atoms with Gasteiger partial charge in [0.25, 0.3) is 0 Å². The molecule has 1 heterocycles. The zero-order valence-corrected chi connectivity index (χ0v) is 16.7. The fourth-order valence-corrected chi connectivity index (χ4v) is 3.36. The van der Waals surface area contributed by atoms with Crippen LogP contribution in [0.5, 0.6) is 5.75 Å². The van der Waals surface area contributed by atoms with Crippen LogP contribution in [-0.4, -0.2) is 20.9 Å². The molecule has 1 unspecified atom stereocenters. The second kappa shape index (κ2) is 8.84. The van der Waals surface area contributed by atoms with Gasteiger partial charge in [0.15, 0.2) is 0 Å². The van der Waals surface area contributed by atoms with Crippen molar-refractivity contribution in [1.82, 2.24) is 9.78 Å². The molecule has 4 rings (SSSR count). The molecule has 30 heavy (non-hydrogen) atoms. The lowest BCUT2D eigenvalue weighted by atomic mass is 10.1. The van der Waals surface area contributed by atoms with Crippen LogP contribution >= 0.6 is 11.6 Å². The molecule has 0 spiro atoms. The van der Waals surface area contributed by atoms with Crippen LogP contribution in [-0.2, 0) is 11.3 Å². The number of nitrogens with zero attached hydrogens (tertiary/aromatic N) is 2. The third-order valence-electron chi connectivity index (χ3n) is 4.62. The van der Waals surface area contributed by atoms with Crippen molar-refractivity contribution < 1.29 is 14.6 Å². The highest BCUT2D eigenvalue weighted by atomic mass is 35.5. The molecule has 6 heteroatoms. The number of aromatic nitrogens is 2. The Balaban J connectivity index is 1.65. The normalized spacial score (nSPS) is 11.8. The first kappa shape index (κ1) is 19.7. The molecule has 0 amide bonds. The quantitative estimate of drug-likeness (QED) is 0.433. The van der Waals surface area contributed by atoms with Gasteiger partial charge in [-0.15, -0.1) is 0 Å². The topological polar surface area (TPSA) is 64.3 Å². The number of ether oxygens (including phenoxy) is 1.